The van der Waals surface area contributed by atoms with Gasteiger partial charge in [0.15, 0.2) is 0 Å². The molecule has 0 amide bonds. The van der Waals surface area contributed by atoms with Crippen LogP contribution >= 0.6 is 0 Å². The van der Waals surface area contributed by atoms with Crippen LogP contribution < -0.4 is 5.32 Å². The molecule has 1 fully saturated rings. The fourth-order valence-corrected chi connectivity index (χ4v) is 2.58. The summed E-state index contributed by atoms with van der Waals surface area (Å²) in [7, 11) is 3.02. The van der Waals surface area contributed by atoms with Gasteiger partial charge < -0.3 is 14.8 Å². The SMILES string of the molecule is COC(=O)c1cc(F)ccc1NC1CCC(OC)CC1. The van der Waals surface area contributed by atoms with E-state index in [0.717, 1.165) is 25.7 Å². The van der Waals surface area contributed by atoms with Crippen LogP contribution in [0.3, 0.4) is 0 Å². The van der Waals surface area contributed by atoms with E-state index in [0.29, 0.717) is 11.8 Å². The fourth-order valence-electron chi connectivity index (χ4n) is 2.58. The molecule has 1 aliphatic carbocycles. The van der Waals surface area contributed by atoms with Crippen LogP contribution in [0.2, 0.25) is 0 Å². The molecule has 1 N–H and O–H groups in total. The highest BCUT2D eigenvalue weighted by atomic mass is 19.1. The molecule has 0 aromatic heterocycles. The average molecular weight is 281 g/mol. The van der Waals surface area contributed by atoms with Gasteiger partial charge in [-0.3, -0.25) is 0 Å². The van der Waals surface area contributed by atoms with E-state index in [4.69, 9.17) is 4.74 Å². The van der Waals surface area contributed by atoms with Gasteiger partial charge in [-0.15, -0.1) is 0 Å². The highest BCUT2D eigenvalue weighted by Crippen LogP contribution is 2.26. The van der Waals surface area contributed by atoms with Crippen LogP contribution in [-0.4, -0.2) is 32.3 Å². The van der Waals surface area contributed by atoms with Crippen LogP contribution in [-0.2, 0) is 9.47 Å². The molecule has 1 aromatic carbocycles. The molecule has 0 spiro atoms. The van der Waals surface area contributed by atoms with Crippen molar-refractivity contribution >= 4 is 11.7 Å². The number of benzene rings is 1. The molecule has 0 aliphatic heterocycles. The lowest BCUT2D eigenvalue weighted by Crippen LogP contribution is -2.29. The van der Waals surface area contributed by atoms with Gasteiger partial charge in [-0.2, -0.15) is 0 Å². The first-order valence-corrected chi connectivity index (χ1v) is 6.81. The number of carbonyl (C=O) groups is 1. The third-order valence-electron chi connectivity index (χ3n) is 3.75. The van der Waals surface area contributed by atoms with E-state index < -0.39 is 11.8 Å². The van der Waals surface area contributed by atoms with Gasteiger partial charge in [0.25, 0.3) is 0 Å². The Morgan fingerprint density at radius 2 is 1.95 bits per heavy atom. The first kappa shape index (κ1) is 14.8. The molecule has 5 heteroatoms. The van der Waals surface area contributed by atoms with Crippen molar-refractivity contribution < 1.29 is 18.7 Å². The van der Waals surface area contributed by atoms with E-state index in [1.807, 2.05) is 0 Å². The predicted octanol–water partition coefficient (Wildman–Crippen LogP) is 2.98. The van der Waals surface area contributed by atoms with Crippen molar-refractivity contribution in [3.63, 3.8) is 0 Å². The van der Waals surface area contributed by atoms with Crippen molar-refractivity contribution in [3.05, 3.63) is 29.6 Å². The number of esters is 1. The maximum atomic E-state index is 13.3. The zero-order chi connectivity index (χ0) is 14.5. The Morgan fingerprint density at radius 3 is 2.55 bits per heavy atom. The minimum Gasteiger partial charge on any atom is -0.465 e. The number of halogens is 1. The number of methoxy groups -OCH3 is 2. The van der Waals surface area contributed by atoms with Crippen molar-refractivity contribution in [1.82, 2.24) is 0 Å². The number of ether oxygens (including phenoxy) is 2. The summed E-state index contributed by atoms with van der Waals surface area (Å²) >= 11 is 0. The average Bonchev–Trinajstić information content (AvgIpc) is 2.49. The van der Waals surface area contributed by atoms with Crippen molar-refractivity contribution in [2.75, 3.05) is 19.5 Å². The van der Waals surface area contributed by atoms with Crippen molar-refractivity contribution in [2.24, 2.45) is 0 Å². The van der Waals surface area contributed by atoms with Gasteiger partial charge in [-0.1, -0.05) is 0 Å². The summed E-state index contributed by atoms with van der Waals surface area (Å²) in [6.07, 6.45) is 4.24. The van der Waals surface area contributed by atoms with Crippen LogP contribution in [0, 0.1) is 5.82 Å². The second kappa shape index (κ2) is 6.70. The number of carbonyl (C=O) groups excluding carboxylic acids is 1. The summed E-state index contributed by atoms with van der Waals surface area (Å²) in [5.41, 5.74) is 0.862. The van der Waals surface area contributed by atoms with Gasteiger partial charge in [0, 0.05) is 18.8 Å². The molecule has 110 valence electrons. The summed E-state index contributed by atoms with van der Waals surface area (Å²) in [6, 6.07) is 4.41. The molecule has 4 nitrogen and oxygen atoms in total. The highest BCUT2D eigenvalue weighted by Gasteiger charge is 2.22. The van der Waals surface area contributed by atoms with Gasteiger partial charge in [0.05, 0.1) is 18.8 Å². The topological polar surface area (TPSA) is 47.6 Å². The first-order chi connectivity index (χ1) is 9.63. The van der Waals surface area contributed by atoms with Gasteiger partial charge in [-0.25, -0.2) is 9.18 Å². The zero-order valence-electron chi connectivity index (χ0n) is 11.8. The Labute approximate surface area is 118 Å². The van der Waals surface area contributed by atoms with E-state index in [9.17, 15) is 9.18 Å². The zero-order valence-corrected chi connectivity index (χ0v) is 11.8. The van der Waals surface area contributed by atoms with Crippen molar-refractivity contribution in [1.29, 1.82) is 0 Å². The van der Waals surface area contributed by atoms with E-state index in [-0.39, 0.29) is 11.6 Å². The maximum absolute atomic E-state index is 13.3. The van der Waals surface area contributed by atoms with Crippen molar-refractivity contribution in [3.8, 4) is 0 Å². The van der Waals surface area contributed by atoms with Crippen molar-refractivity contribution in [2.45, 2.75) is 37.8 Å². The summed E-state index contributed by atoms with van der Waals surface area (Å²) in [5.74, 6) is -0.975. The molecular weight excluding hydrogens is 261 g/mol. The van der Waals surface area contributed by atoms with E-state index in [1.165, 1.54) is 19.2 Å². The molecule has 0 heterocycles. The molecule has 0 bridgehead atoms. The largest absolute Gasteiger partial charge is 0.465 e. The number of hydrogen-bond acceptors (Lipinski definition) is 4. The Kier molecular flexibility index (Phi) is 4.95. The number of nitrogens with one attached hydrogen (secondary N) is 1. The first-order valence-electron chi connectivity index (χ1n) is 6.81. The molecule has 1 aromatic rings. The molecule has 1 aliphatic rings. The molecule has 1 saturated carbocycles. The minimum absolute atomic E-state index is 0.237. The lowest BCUT2D eigenvalue weighted by molar-refractivity contribution is 0.0600. The van der Waals surface area contributed by atoms with Crippen LogP contribution in [0.5, 0.6) is 0 Å². The lowest BCUT2D eigenvalue weighted by atomic mass is 9.92. The third kappa shape index (κ3) is 3.48. The summed E-state index contributed by atoms with van der Waals surface area (Å²) in [5, 5.41) is 3.31. The summed E-state index contributed by atoms with van der Waals surface area (Å²) in [6.45, 7) is 0. The normalized spacial score (nSPS) is 22.4. The smallest absolute Gasteiger partial charge is 0.340 e. The standard InChI is InChI=1S/C15H20FNO3/c1-19-12-6-4-11(5-7-12)17-14-8-3-10(16)9-13(14)15(18)20-2/h3,8-9,11-12,17H,4-7H2,1-2H3. The Balaban J connectivity index is 2.07. The van der Waals surface area contributed by atoms with Gasteiger partial charge in [0.2, 0.25) is 0 Å². The van der Waals surface area contributed by atoms with Crippen LogP contribution in [0.15, 0.2) is 18.2 Å². The predicted molar refractivity (Wildman–Crippen MR) is 74.4 cm³/mol. The number of rotatable bonds is 4. The lowest BCUT2D eigenvalue weighted by Gasteiger charge is -2.29. The number of hydrogen-bond donors (Lipinski definition) is 1. The van der Waals surface area contributed by atoms with Crippen LogP contribution in [0.25, 0.3) is 0 Å². The third-order valence-corrected chi connectivity index (χ3v) is 3.75. The molecule has 0 saturated heterocycles. The van der Waals surface area contributed by atoms with Gasteiger partial charge in [0.1, 0.15) is 5.82 Å². The fraction of sp³-hybridized carbons (Fsp3) is 0.533. The number of anilines is 1. The second-order valence-corrected chi connectivity index (χ2v) is 5.04. The minimum atomic E-state index is -0.530. The molecule has 0 radical (unpaired) electrons. The van der Waals surface area contributed by atoms with Gasteiger partial charge >= 0.3 is 5.97 Å². The molecule has 0 atom stereocenters. The van der Waals surface area contributed by atoms with E-state index in [2.05, 4.69) is 10.1 Å². The maximum Gasteiger partial charge on any atom is 0.340 e. The molecular formula is C15H20FNO3. The van der Waals surface area contributed by atoms with Crippen LogP contribution in [0.1, 0.15) is 36.0 Å². The molecule has 20 heavy (non-hydrogen) atoms. The van der Waals surface area contributed by atoms with E-state index >= 15 is 0 Å². The Morgan fingerprint density at radius 1 is 1.25 bits per heavy atom. The summed E-state index contributed by atoms with van der Waals surface area (Å²) < 4.78 is 23.3. The Bertz CT molecular complexity index is 470. The van der Waals surface area contributed by atoms with E-state index in [1.54, 1.807) is 13.2 Å². The Hall–Kier alpha value is -1.62. The summed E-state index contributed by atoms with van der Waals surface area (Å²) in [4.78, 5) is 11.7. The highest BCUT2D eigenvalue weighted by molar-refractivity contribution is 5.95. The second-order valence-electron chi connectivity index (χ2n) is 5.04. The molecule has 2 rings (SSSR count). The quantitative estimate of drug-likeness (QED) is 0.862. The van der Waals surface area contributed by atoms with Crippen LogP contribution in [0.4, 0.5) is 10.1 Å². The van der Waals surface area contributed by atoms with Gasteiger partial charge in [-0.05, 0) is 43.9 Å². The monoisotopic (exact) mass is 281 g/mol. The molecule has 0 unspecified atom stereocenters.